The summed E-state index contributed by atoms with van der Waals surface area (Å²) in [5, 5.41) is 8.11. The second kappa shape index (κ2) is 3.07. The summed E-state index contributed by atoms with van der Waals surface area (Å²) in [6, 6.07) is 2.43. The smallest absolute Gasteiger partial charge is 0.288 e. The van der Waals surface area contributed by atoms with Crippen molar-refractivity contribution in [1.29, 1.82) is 0 Å². The zero-order valence-corrected chi connectivity index (χ0v) is 5.41. The van der Waals surface area contributed by atoms with E-state index < -0.39 is 17.4 Å². The number of hydroxylamine groups is 1. The van der Waals surface area contributed by atoms with Crippen molar-refractivity contribution in [1.82, 2.24) is 10.5 Å². The van der Waals surface area contributed by atoms with Gasteiger partial charge in [0.05, 0.1) is 0 Å². The molecule has 0 spiro atoms. The highest BCUT2D eigenvalue weighted by Gasteiger charge is 2.10. The molecule has 0 bridgehead atoms. The van der Waals surface area contributed by atoms with E-state index in [9.17, 15) is 9.18 Å². The molecule has 2 N–H and O–H groups in total. The lowest BCUT2D eigenvalue weighted by atomic mass is 10.3. The number of aromatic nitrogens is 1. The quantitative estimate of drug-likeness (QED) is 0.455. The second-order valence-electron chi connectivity index (χ2n) is 1.77. The van der Waals surface area contributed by atoms with Crippen LogP contribution in [-0.4, -0.2) is 16.1 Å². The van der Waals surface area contributed by atoms with Crippen molar-refractivity contribution < 1.29 is 14.4 Å². The Kier molecular flexibility index (Phi) is 2.12. The molecule has 0 saturated heterocycles. The number of amides is 1. The average molecular weight is 156 g/mol. The van der Waals surface area contributed by atoms with Gasteiger partial charge in [-0.15, -0.1) is 0 Å². The van der Waals surface area contributed by atoms with Crippen LogP contribution >= 0.6 is 0 Å². The highest BCUT2D eigenvalue weighted by Crippen LogP contribution is 2.00. The first kappa shape index (κ1) is 7.62. The van der Waals surface area contributed by atoms with Crippen molar-refractivity contribution >= 4 is 5.91 Å². The van der Waals surface area contributed by atoms with Gasteiger partial charge in [-0.05, 0) is 12.1 Å². The first-order chi connectivity index (χ1) is 5.25. The molecule has 11 heavy (non-hydrogen) atoms. The van der Waals surface area contributed by atoms with Crippen molar-refractivity contribution in [2.45, 2.75) is 0 Å². The number of rotatable bonds is 1. The summed E-state index contributed by atoms with van der Waals surface area (Å²) in [6.45, 7) is 0. The molecular formula is C6H5FN2O2. The summed E-state index contributed by atoms with van der Waals surface area (Å²) >= 11 is 0. The highest BCUT2D eigenvalue weighted by atomic mass is 19.1. The number of nitrogens with zero attached hydrogens (tertiary/aromatic N) is 1. The predicted molar refractivity (Wildman–Crippen MR) is 33.4 cm³/mol. The van der Waals surface area contributed by atoms with Crippen molar-refractivity contribution in [3.63, 3.8) is 0 Å². The molecule has 1 rings (SSSR count). The Morgan fingerprint density at radius 1 is 1.73 bits per heavy atom. The Morgan fingerprint density at radius 3 is 3.00 bits per heavy atom. The molecule has 1 amide bonds. The molecule has 1 aromatic rings. The fraction of sp³-hybridized carbons (Fsp3) is 0. The van der Waals surface area contributed by atoms with Gasteiger partial charge in [-0.2, -0.15) is 0 Å². The Bertz CT molecular complexity index is 277. The van der Waals surface area contributed by atoms with Crippen LogP contribution in [0.3, 0.4) is 0 Å². The second-order valence-corrected chi connectivity index (χ2v) is 1.77. The minimum Gasteiger partial charge on any atom is -0.288 e. The molecule has 1 heterocycles. The zero-order chi connectivity index (χ0) is 8.27. The fourth-order valence-corrected chi connectivity index (χ4v) is 0.606. The first-order valence-corrected chi connectivity index (χ1v) is 2.80. The normalized spacial score (nSPS) is 9.27. The Morgan fingerprint density at radius 2 is 2.45 bits per heavy atom. The van der Waals surface area contributed by atoms with Gasteiger partial charge in [0, 0.05) is 6.20 Å². The highest BCUT2D eigenvalue weighted by molar-refractivity contribution is 5.91. The van der Waals surface area contributed by atoms with E-state index in [0.29, 0.717) is 0 Å². The van der Waals surface area contributed by atoms with Gasteiger partial charge in [0.1, 0.15) is 0 Å². The van der Waals surface area contributed by atoms with Crippen molar-refractivity contribution in [3.05, 3.63) is 29.8 Å². The van der Waals surface area contributed by atoms with Crippen molar-refractivity contribution in [2.24, 2.45) is 0 Å². The third-order valence-electron chi connectivity index (χ3n) is 1.08. The molecule has 0 aliphatic carbocycles. The molecule has 4 nitrogen and oxygen atoms in total. The molecule has 1 aromatic heterocycles. The molecule has 58 valence electrons. The molecule has 0 fully saturated rings. The summed E-state index contributed by atoms with van der Waals surface area (Å²) in [5.74, 6) is -1.72. The van der Waals surface area contributed by atoms with Gasteiger partial charge in [-0.3, -0.25) is 10.0 Å². The molecule has 0 aromatic carbocycles. The van der Waals surface area contributed by atoms with E-state index in [-0.39, 0.29) is 0 Å². The van der Waals surface area contributed by atoms with E-state index in [2.05, 4.69) is 4.98 Å². The Hall–Kier alpha value is -1.49. The molecule has 5 heteroatoms. The van der Waals surface area contributed by atoms with Gasteiger partial charge >= 0.3 is 0 Å². The summed E-state index contributed by atoms with van der Waals surface area (Å²) < 4.78 is 12.6. The summed E-state index contributed by atoms with van der Waals surface area (Å²) in [6.07, 6.45) is 1.26. The lowest BCUT2D eigenvalue weighted by Gasteiger charge is -1.96. The number of nitrogens with one attached hydrogen (secondary N) is 1. The van der Waals surface area contributed by atoms with Crippen LogP contribution in [0.25, 0.3) is 0 Å². The SMILES string of the molecule is O=C(NO)c1ncccc1F. The Labute approximate surface area is 61.6 Å². The van der Waals surface area contributed by atoms with Gasteiger partial charge in [-0.25, -0.2) is 14.9 Å². The van der Waals surface area contributed by atoms with Crippen molar-refractivity contribution in [2.75, 3.05) is 0 Å². The largest absolute Gasteiger partial charge is 0.296 e. The van der Waals surface area contributed by atoms with E-state index in [1.54, 1.807) is 0 Å². The molecule has 0 radical (unpaired) electrons. The summed E-state index contributed by atoms with van der Waals surface area (Å²) in [5.41, 5.74) is 0.859. The molecule has 0 aliphatic heterocycles. The predicted octanol–water partition coefficient (Wildman–Crippen LogP) is 0.340. The number of hydrogen-bond donors (Lipinski definition) is 2. The topological polar surface area (TPSA) is 62.2 Å². The van der Waals surface area contributed by atoms with E-state index >= 15 is 0 Å². The van der Waals surface area contributed by atoms with E-state index in [0.717, 1.165) is 6.07 Å². The molecule has 0 aliphatic rings. The maximum absolute atomic E-state index is 12.6. The lowest BCUT2D eigenvalue weighted by molar-refractivity contribution is 0.0695. The van der Waals surface area contributed by atoms with E-state index in [1.807, 2.05) is 0 Å². The van der Waals surface area contributed by atoms with Crippen LogP contribution in [0.5, 0.6) is 0 Å². The van der Waals surface area contributed by atoms with Gasteiger partial charge in [0.15, 0.2) is 11.5 Å². The third kappa shape index (κ3) is 1.50. The number of carbonyl (C=O) groups excluding carboxylic acids is 1. The molecule has 0 unspecified atom stereocenters. The summed E-state index contributed by atoms with van der Waals surface area (Å²) in [7, 11) is 0. The molecule has 0 atom stereocenters. The monoisotopic (exact) mass is 156 g/mol. The zero-order valence-electron chi connectivity index (χ0n) is 5.41. The van der Waals surface area contributed by atoms with Crippen LogP contribution in [0.15, 0.2) is 18.3 Å². The van der Waals surface area contributed by atoms with Crippen LogP contribution in [0.4, 0.5) is 4.39 Å². The summed E-state index contributed by atoms with van der Waals surface area (Å²) in [4.78, 5) is 14.0. The van der Waals surface area contributed by atoms with Gasteiger partial charge in [0.25, 0.3) is 5.91 Å². The van der Waals surface area contributed by atoms with Crippen LogP contribution in [0.2, 0.25) is 0 Å². The van der Waals surface area contributed by atoms with Crippen molar-refractivity contribution in [3.8, 4) is 0 Å². The van der Waals surface area contributed by atoms with E-state index in [4.69, 9.17) is 5.21 Å². The van der Waals surface area contributed by atoms with Gasteiger partial charge in [0.2, 0.25) is 0 Å². The number of hydrogen-bond acceptors (Lipinski definition) is 3. The number of halogens is 1. The average Bonchev–Trinajstić information content (AvgIpc) is 2.04. The van der Waals surface area contributed by atoms with Crippen LogP contribution in [0, 0.1) is 5.82 Å². The minimum absolute atomic E-state index is 0.421. The lowest BCUT2D eigenvalue weighted by Crippen LogP contribution is -2.21. The maximum atomic E-state index is 12.6. The minimum atomic E-state index is -0.955. The van der Waals surface area contributed by atoms with Gasteiger partial charge < -0.3 is 0 Å². The number of pyridine rings is 1. The standard InChI is InChI=1S/C6H5FN2O2/c7-4-2-1-3-8-5(4)6(10)9-11/h1-3,11H,(H,9,10). The molecule has 0 saturated carbocycles. The van der Waals surface area contributed by atoms with Crippen LogP contribution in [0.1, 0.15) is 10.5 Å². The fourth-order valence-electron chi connectivity index (χ4n) is 0.606. The maximum Gasteiger partial charge on any atom is 0.296 e. The van der Waals surface area contributed by atoms with Crippen LogP contribution in [-0.2, 0) is 0 Å². The Balaban J connectivity index is 3.03. The van der Waals surface area contributed by atoms with Crippen LogP contribution < -0.4 is 5.48 Å². The first-order valence-electron chi connectivity index (χ1n) is 2.80. The molecular weight excluding hydrogens is 151 g/mol. The number of carbonyl (C=O) groups is 1. The third-order valence-corrected chi connectivity index (χ3v) is 1.08. The van der Waals surface area contributed by atoms with Gasteiger partial charge in [-0.1, -0.05) is 0 Å². The van der Waals surface area contributed by atoms with E-state index in [1.165, 1.54) is 17.7 Å².